The lowest BCUT2D eigenvalue weighted by Crippen LogP contribution is -2.29. The second kappa shape index (κ2) is 8.98. The first-order valence-corrected chi connectivity index (χ1v) is 9.12. The summed E-state index contributed by atoms with van der Waals surface area (Å²) in [7, 11) is 0. The van der Waals surface area contributed by atoms with Crippen LogP contribution in [0, 0.1) is 10.1 Å². The Morgan fingerprint density at radius 2 is 2.04 bits per heavy atom. The number of amides is 1. The summed E-state index contributed by atoms with van der Waals surface area (Å²) >= 11 is 1.36. The molecule has 0 aliphatic carbocycles. The second-order valence-electron chi connectivity index (χ2n) is 5.65. The van der Waals surface area contributed by atoms with Crippen LogP contribution in [0.3, 0.4) is 0 Å². The number of hydroxylamine groups is 1. The third-order valence-electron chi connectivity index (χ3n) is 3.86. The number of pyridine rings is 1. The van der Waals surface area contributed by atoms with Crippen molar-refractivity contribution in [2.75, 3.05) is 5.06 Å². The highest BCUT2D eigenvalue weighted by molar-refractivity contribution is 7.13. The minimum absolute atomic E-state index is 0.00997. The number of rotatable bonds is 9. The fraction of sp³-hybridized carbons (Fsp3) is 0.105. The van der Waals surface area contributed by atoms with Gasteiger partial charge in [-0.2, -0.15) is 5.06 Å². The zero-order valence-corrected chi connectivity index (χ0v) is 15.5. The van der Waals surface area contributed by atoms with Gasteiger partial charge in [0.2, 0.25) is 6.41 Å². The number of nitrogens with zero attached hydrogens (tertiary/aromatic N) is 4. The van der Waals surface area contributed by atoms with Gasteiger partial charge in [-0.1, -0.05) is 24.3 Å². The molecule has 0 fully saturated rings. The number of anilines is 1. The van der Waals surface area contributed by atoms with Crippen LogP contribution in [0.1, 0.15) is 5.56 Å². The number of aromatic nitrogens is 2. The summed E-state index contributed by atoms with van der Waals surface area (Å²) < 4.78 is 0. The number of carbonyl (C=O) groups excluding carboxylic acids is 1. The molecule has 0 saturated carbocycles. The van der Waals surface area contributed by atoms with Crippen LogP contribution in [0.25, 0.3) is 10.6 Å². The molecule has 1 aromatic carbocycles. The summed E-state index contributed by atoms with van der Waals surface area (Å²) in [6, 6.07) is 10.0. The van der Waals surface area contributed by atoms with Crippen molar-refractivity contribution in [2.24, 2.45) is 0 Å². The molecule has 3 aromatic rings. The molecule has 0 saturated heterocycles. The highest BCUT2D eigenvalue weighted by Gasteiger charge is 2.20. The van der Waals surface area contributed by atoms with Gasteiger partial charge in [-0.15, -0.1) is 17.9 Å². The van der Waals surface area contributed by atoms with Crippen LogP contribution >= 0.6 is 11.3 Å². The van der Waals surface area contributed by atoms with Crippen molar-refractivity contribution in [3.63, 3.8) is 0 Å². The van der Waals surface area contributed by atoms with E-state index >= 15 is 0 Å². The van der Waals surface area contributed by atoms with Gasteiger partial charge in [-0.3, -0.25) is 24.7 Å². The lowest BCUT2D eigenvalue weighted by Gasteiger charge is -2.20. The van der Waals surface area contributed by atoms with E-state index in [1.807, 2.05) is 12.1 Å². The molecule has 8 nitrogen and oxygen atoms in total. The molecule has 0 bridgehead atoms. The average Bonchev–Trinajstić information content (AvgIpc) is 3.22. The molecule has 0 radical (unpaired) electrons. The third-order valence-corrected chi connectivity index (χ3v) is 4.74. The second-order valence-corrected chi connectivity index (χ2v) is 6.51. The molecular formula is C19H16N4O4S. The minimum Gasteiger partial charge on any atom is -0.276 e. The Labute approximate surface area is 164 Å². The molecule has 2 aromatic heterocycles. The largest absolute Gasteiger partial charge is 0.276 e. The number of hydrogen-bond donors (Lipinski definition) is 0. The molecule has 0 N–H and O–H groups in total. The van der Waals surface area contributed by atoms with Crippen LogP contribution in [-0.4, -0.2) is 27.4 Å². The van der Waals surface area contributed by atoms with Crippen molar-refractivity contribution < 1.29 is 14.6 Å². The van der Waals surface area contributed by atoms with E-state index in [4.69, 9.17) is 4.84 Å². The molecule has 0 spiro atoms. The Morgan fingerprint density at radius 1 is 1.29 bits per heavy atom. The van der Waals surface area contributed by atoms with E-state index in [-0.39, 0.29) is 12.1 Å². The van der Waals surface area contributed by atoms with Gasteiger partial charge in [0.25, 0.3) is 5.69 Å². The Bertz CT molecular complexity index is 977. The standard InChI is InChI=1S/C19H16N4O4S/c1-2-16(11-15-5-3-4-6-17(15)23(25)26)27-22(13-24)18-12-28-19(21-18)14-7-9-20-10-8-14/h2-10,12-13,16H,1,11H2. The van der Waals surface area contributed by atoms with Crippen molar-refractivity contribution in [3.8, 4) is 10.6 Å². The number of nitro benzene ring substituents is 1. The van der Waals surface area contributed by atoms with Crippen molar-refractivity contribution >= 4 is 29.3 Å². The average molecular weight is 396 g/mol. The number of benzene rings is 1. The predicted octanol–water partition coefficient (Wildman–Crippen LogP) is 3.81. The molecule has 0 aliphatic heterocycles. The van der Waals surface area contributed by atoms with Crippen LogP contribution in [0.2, 0.25) is 0 Å². The van der Waals surface area contributed by atoms with Gasteiger partial charge in [0.05, 0.1) is 4.92 Å². The molecule has 1 atom stereocenters. The molecule has 28 heavy (non-hydrogen) atoms. The van der Waals surface area contributed by atoms with Gasteiger partial charge < -0.3 is 0 Å². The van der Waals surface area contributed by atoms with Crippen LogP contribution < -0.4 is 5.06 Å². The van der Waals surface area contributed by atoms with Gasteiger partial charge in [0.1, 0.15) is 11.1 Å². The Hall–Kier alpha value is -3.43. The molecule has 9 heteroatoms. The summed E-state index contributed by atoms with van der Waals surface area (Å²) in [4.78, 5) is 36.3. The molecule has 142 valence electrons. The highest BCUT2D eigenvalue weighted by atomic mass is 32.1. The quantitative estimate of drug-likeness (QED) is 0.236. The lowest BCUT2D eigenvalue weighted by molar-refractivity contribution is -0.385. The maximum Gasteiger partial charge on any atom is 0.272 e. The topological polar surface area (TPSA) is 98.5 Å². The normalized spacial score (nSPS) is 11.6. The van der Waals surface area contributed by atoms with Crippen molar-refractivity contribution in [3.05, 3.63) is 82.5 Å². The fourth-order valence-electron chi connectivity index (χ4n) is 2.51. The van der Waals surface area contributed by atoms with Crippen LogP contribution in [-0.2, 0) is 16.1 Å². The van der Waals surface area contributed by atoms with Gasteiger partial charge in [0.15, 0.2) is 5.82 Å². The first kappa shape index (κ1) is 19.3. The van der Waals surface area contributed by atoms with E-state index in [0.717, 1.165) is 10.6 Å². The van der Waals surface area contributed by atoms with Crippen LogP contribution in [0.5, 0.6) is 0 Å². The monoisotopic (exact) mass is 396 g/mol. The van der Waals surface area contributed by atoms with E-state index in [9.17, 15) is 14.9 Å². The lowest BCUT2D eigenvalue weighted by atomic mass is 10.1. The van der Waals surface area contributed by atoms with E-state index in [0.29, 0.717) is 22.8 Å². The summed E-state index contributed by atoms with van der Waals surface area (Å²) in [5.41, 5.74) is 1.35. The van der Waals surface area contributed by atoms with Crippen molar-refractivity contribution in [2.45, 2.75) is 12.5 Å². The number of para-hydroxylation sites is 1. The maximum absolute atomic E-state index is 11.5. The summed E-state index contributed by atoms with van der Waals surface area (Å²) in [6.07, 6.45) is 4.84. The van der Waals surface area contributed by atoms with E-state index in [2.05, 4.69) is 16.5 Å². The first-order valence-electron chi connectivity index (χ1n) is 8.24. The molecular weight excluding hydrogens is 380 g/mol. The molecule has 3 rings (SSSR count). The zero-order chi connectivity index (χ0) is 19.9. The van der Waals surface area contributed by atoms with Crippen LogP contribution in [0.15, 0.2) is 66.8 Å². The van der Waals surface area contributed by atoms with E-state index in [1.165, 1.54) is 23.5 Å². The van der Waals surface area contributed by atoms with E-state index < -0.39 is 11.0 Å². The Balaban J connectivity index is 1.76. The predicted molar refractivity (Wildman–Crippen MR) is 106 cm³/mol. The number of hydrogen-bond acceptors (Lipinski definition) is 7. The van der Waals surface area contributed by atoms with Gasteiger partial charge >= 0.3 is 0 Å². The summed E-state index contributed by atoms with van der Waals surface area (Å²) in [5.74, 6) is 0.321. The third kappa shape index (κ3) is 4.45. The summed E-state index contributed by atoms with van der Waals surface area (Å²) in [5, 5.41) is 14.6. The van der Waals surface area contributed by atoms with Crippen molar-refractivity contribution in [1.82, 2.24) is 9.97 Å². The fourth-order valence-corrected chi connectivity index (χ4v) is 3.31. The molecule has 1 amide bonds. The Kier molecular flexibility index (Phi) is 6.20. The van der Waals surface area contributed by atoms with Gasteiger partial charge in [0, 0.05) is 41.4 Å². The zero-order valence-electron chi connectivity index (χ0n) is 14.7. The minimum atomic E-state index is -0.655. The number of nitro groups is 1. The summed E-state index contributed by atoms with van der Waals surface area (Å²) in [6.45, 7) is 3.70. The van der Waals surface area contributed by atoms with Crippen molar-refractivity contribution in [1.29, 1.82) is 0 Å². The van der Waals surface area contributed by atoms with Gasteiger partial charge in [-0.25, -0.2) is 4.98 Å². The SMILES string of the molecule is C=CC(Cc1ccccc1[N+](=O)[O-])ON(C=O)c1csc(-c2ccncc2)n1. The first-order chi connectivity index (χ1) is 13.6. The van der Waals surface area contributed by atoms with Gasteiger partial charge in [-0.05, 0) is 12.1 Å². The number of thiazole rings is 1. The highest BCUT2D eigenvalue weighted by Crippen LogP contribution is 2.28. The molecule has 1 unspecified atom stereocenters. The molecule has 2 heterocycles. The maximum atomic E-state index is 11.5. The smallest absolute Gasteiger partial charge is 0.272 e. The molecule has 0 aliphatic rings. The van der Waals surface area contributed by atoms with E-state index in [1.54, 1.807) is 36.0 Å². The Morgan fingerprint density at radius 3 is 2.71 bits per heavy atom. The van der Waals surface area contributed by atoms with Crippen LogP contribution in [0.4, 0.5) is 11.5 Å². The number of carbonyl (C=O) groups is 1.